The van der Waals surface area contributed by atoms with Crippen molar-refractivity contribution in [2.75, 3.05) is 6.61 Å². The topological polar surface area (TPSA) is 44.8 Å². The van der Waals surface area contributed by atoms with Crippen LogP contribution < -0.4 is 0 Å². The van der Waals surface area contributed by atoms with Gasteiger partial charge in [-0.05, 0) is 20.8 Å². The van der Waals surface area contributed by atoms with Gasteiger partial charge in [-0.2, -0.15) is 0 Å². The molecular formula is C8H14O4. The Bertz CT molecular complexity index is 164. The van der Waals surface area contributed by atoms with Gasteiger partial charge >= 0.3 is 6.16 Å². The molecule has 0 aromatic heterocycles. The highest BCUT2D eigenvalue weighted by Crippen LogP contribution is 1.99. The van der Waals surface area contributed by atoms with Crippen molar-refractivity contribution in [1.82, 2.24) is 0 Å². The molecule has 0 aliphatic rings. The van der Waals surface area contributed by atoms with E-state index in [4.69, 9.17) is 4.74 Å². The molecule has 4 heteroatoms. The summed E-state index contributed by atoms with van der Waals surface area (Å²) in [6.45, 7) is 8.86. The number of hydrogen-bond acceptors (Lipinski definition) is 4. The van der Waals surface area contributed by atoms with Gasteiger partial charge in [0.15, 0.2) is 0 Å². The Kier molecular flexibility index (Phi) is 5.12. The fourth-order valence-corrected chi connectivity index (χ4v) is 0.571. The molecule has 0 spiro atoms. The van der Waals surface area contributed by atoms with Crippen LogP contribution in [0, 0.1) is 0 Å². The third-order valence-electron chi connectivity index (χ3n) is 0.921. The lowest BCUT2D eigenvalue weighted by molar-refractivity contribution is -0.103. The van der Waals surface area contributed by atoms with Gasteiger partial charge in [-0.1, -0.05) is 6.58 Å². The van der Waals surface area contributed by atoms with Crippen LogP contribution in [0.3, 0.4) is 0 Å². The van der Waals surface area contributed by atoms with Crippen LogP contribution in [0.2, 0.25) is 0 Å². The fourth-order valence-electron chi connectivity index (χ4n) is 0.571. The Balaban J connectivity index is 3.61. The van der Waals surface area contributed by atoms with Gasteiger partial charge in [0, 0.05) is 6.61 Å². The molecule has 1 atom stereocenters. The predicted molar refractivity (Wildman–Crippen MR) is 43.5 cm³/mol. The maximum atomic E-state index is 10.8. The second-order valence-electron chi connectivity index (χ2n) is 2.19. The van der Waals surface area contributed by atoms with E-state index in [0.717, 1.165) is 0 Å². The highest BCUT2D eigenvalue weighted by molar-refractivity contribution is 5.61. The van der Waals surface area contributed by atoms with Gasteiger partial charge in [0.25, 0.3) is 0 Å². The number of allylic oxidation sites excluding steroid dienone is 1. The summed E-state index contributed by atoms with van der Waals surface area (Å²) in [6.07, 6.45) is -1.37. The third kappa shape index (κ3) is 5.73. The van der Waals surface area contributed by atoms with E-state index in [-0.39, 0.29) is 0 Å². The van der Waals surface area contributed by atoms with E-state index in [1.165, 1.54) is 0 Å². The van der Waals surface area contributed by atoms with Gasteiger partial charge in [-0.15, -0.1) is 0 Å². The molecule has 0 amide bonds. The first-order chi connectivity index (χ1) is 5.56. The van der Waals surface area contributed by atoms with Crippen molar-refractivity contribution in [3.63, 3.8) is 0 Å². The van der Waals surface area contributed by atoms with E-state index >= 15 is 0 Å². The van der Waals surface area contributed by atoms with Crippen LogP contribution in [0.25, 0.3) is 0 Å². The SMILES string of the molecule is C=C(C)OC(=O)OC(C)OCC. The molecule has 0 bridgehead atoms. The lowest BCUT2D eigenvalue weighted by Crippen LogP contribution is -2.18. The molecule has 4 nitrogen and oxygen atoms in total. The van der Waals surface area contributed by atoms with Gasteiger partial charge in [0.2, 0.25) is 6.29 Å². The average Bonchev–Trinajstić information content (AvgIpc) is 1.84. The summed E-state index contributed by atoms with van der Waals surface area (Å²) in [5.41, 5.74) is 0. The van der Waals surface area contributed by atoms with E-state index in [2.05, 4.69) is 16.1 Å². The van der Waals surface area contributed by atoms with Crippen LogP contribution in [0.5, 0.6) is 0 Å². The molecular weight excluding hydrogens is 160 g/mol. The van der Waals surface area contributed by atoms with Crippen molar-refractivity contribution in [1.29, 1.82) is 0 Å². The summed E-state index contributed by atoms with van der Waals surface area (Å²) in [6, 6.07) is 0. The maximum absolute atomic E-state index is 10.8. The number of ether oxygens (including phenoxy) is 3. The molecule has 0 aromatic carbocycles. The summed E-state index contributed by atoms with van der Waals surface area (Å²) in [5.74, 6) is 0.295. The Morgan fingerprint density at radius 3 is 2.58 bits per heavy atom. The molecule has 70 valence electrons. The van der Waals surface area contributed by atoms with Crippen molar-refractivity contribution in [3.05, 3.63) is 12.3 Å². The first-order valence-electron chi connectivity index (χ1n) is 3.71. The van der Waals surface area contributed by atoms with Crippen molar-refractivity contribution in [2.45, 2.75) is 27.1 Å². The monoisotopic (exact) mass is 174 g/mol. The van der Waals surface area contributed by atoms with E-state index in [1.807, 2.05) is 6.92 Å². The minimum absolute atomic E-state index is 0.295. The Morgan fingerprint density at radius 1 is 1.58 bits per heavy atom. The van der Waals surface area contributed by atoms with Crippen LogP contribution in [-0.4, -0.2) is 19.1 Å². The largest absolute Gasteiger partial charge is 0.515 e. The molecule has 0 aliphatic carbocycles. The zero-order valence-corrected chi connectivity index (χ0v) is 7.62. The Hall–Kier alpha value is -1.03. The number of carbonyl (C=O) groups is 1. The van der Waals surface area contributed by atoms with Gasteiger partial charge < -0.3 is 14.2 Å². The molecule has 0 saturated carbocycles. The fraction of sp³-hybridized carbons (Fsp3) is 0.625. The molecule has 0 aliphatic heterocycles. The second-order valence-corrected chi connectivity index (χ2v) is 2.19. The quantitative estimate of drug-likeness (QED) is 0.371. The lowest BCUT2D eigenvalue weighted by atomic mass is 10.7. The smallest absolute Gasteiger partial charge is 0.404 e. The molecule has 0 N–H and O–H groups in total. The van der Waals surface area contributed by atoms with E-state index in [0.29, 0.717) is 12.4 Å². The summed E-state index contributed by atoms with van der Waals surface area (Å²) >= 11 is 0. The summed E-state index contributed by atoms with van der Waals surface area (Å²) < 4.78 is 14.1. The number of hydrogen-bond donors (Lipinski definition) is 0. The Morgan fingerprint density at radius 2 is 2.17 bits per heavy atom. The second kappa shape index (κ2) is 5.60. The van der Waals surface area contributed by atoms with Gasteiger partial charge in [-0.3, -0.25) is 0 Å². The molecule has 0 aromatic rings. The molecule has 0 radical (unpaired) electrons. The van der Waals surface area contributed by atoms with Crippen molar-refractivity contribution in [2.24, 2.45) is 0 Å². The van der Waals surface area contributed by atoms with Crippen LogP contribution in [-0.2, 0) is 14.2 Å². The first-order valence-corrected chi connectivity index (χ1v) is 3.71. The number of rotatable bonds is 4. The summed E-state index contributed by atoms with van der Waals surface area (Å²) in [5, 5.41) is 0. The van der Waals surface area contributed by atoms with Crippen molar-refractivity contribution < 1.29 is 19.0 Å². The average molecular weight is 174 g/mol. The highest BCUT2D eigenvalue weighted by Gasteiger charge is 2.09. The van der Waals surface area contributed by atoms with Crippen LogP contribution in [0.15, 0.2) is 12.3 Å². The molecule has 0 rings (SSSR count). The van der Waals surface area contributed by atoms with Crippen LogP contribution in [0.4, 0.5) is 4.79 Å². The maximum Gasteiger partial charge on any atom is 0.515 e. The molecule has 1 unspecified atom stereocenters. The Labute approximate surface area is 72.1 Å². The number of carbonyl (C=O) groups excluding carboxylic acids is 1. The summed E-state index contributed by atoms with van der Waals surface area (Å²) in [4.78, 5) is 10.8. The molecule has 0 heterocycles. The first kappa shape index (κ1) is 11.0. The van der Waals surface area contributed by atoms with Crippen molar-refractivity contribution >= 4 is 6.16 Å². The zero-order chi connectivity index (χ0) is 9.56. The van der Waals surface area contributed by atoms with Gasteiger partial charge in [-0.25, -0.2) is 4.79 Å². The molecule has 12 heavy (non-hydrogen) atoms. The lowest BCUT2D eigenvalue weighted by Gasteiger charge is -2.11. The van der Waals surface area contributed by atoms with E-state index in [9.17, 15) is 4.79 Å². The van der Waals surface area contributed by atoms with Crippen LogP contribution >= 0.6 is 0 Å². The minimum atomic E-state index is -0.788. The van der Waals surface area contributed by atoms with Gasteiger partial charge in [0.1, 0.15) is 5.76 Å². The standard InChI is InChI=1S/C8H14O4/c1-5-10-7(4)12-8(9)11-6(2)3/h7H,2,5H2,1,3-4H3. The third-order valence-corrected chi connectivity index (χ3v) is 0.921. The van der Waals surface area contributed by atoms with E-state index < -0.39 is 12.4 Å². The molecule has 0 fully saturated rings. The summed E-state index contributed by atoms with van der Waals surface area (Å²) in [7, 11) is 0. The van der Waals surface area contributed by atoms with Crippen molar-refractivity contribution in [3.8, 4) is 0 Å². The minimum Gasteiger partial charge on any atom is -0.404 e. The predicted octanol–water partition coefficient (Wildman–Crippen LogP) is 2.06. The normalized spacial score (nSPS) is 11.9. The van der Waals surface area contributed by atoms with Gasteiger partial charge in [0.05, 0.1) is 0 Å². The van der Waals surface area contributed by atoms with E-state index in [1.54, 1.807) is 13.8 Å². The molecule has 0 saturated heterocycles. The zero-order valence-electron chi connectivity index (χ0n) is 7.62. The van der Waals surface area contributed by atoms with Crippen LogP contribution in [0.1, 0.15) is 20.8 Å². The highest BCUT2D eigenvalue weighted by atomic mass is 16.8.